The fraction of sp³-hybridized carbons (Fsp3) is 0.250. The van der Waals surface area contributed by atoms with Gasteiger partial charge in [0.15, 0.2) is 0 Å². The molecule has 2 aliphatic heterocycles. The Morgan fingerprint density at radius 2 is 1.73 bits per heavy atom. The molecule has 2 bridgehead atoms. The number of fused-ring (bicyclic) bond motifs is 8. The molecule has 0 saturated carbocycles. The maximum atomic E-state index is 6.40. The summed E-state index contributed by atoms with van der Waals surface area (Å²) in [5.41, 5.74) is 7.77. The molecule has 2 aliphatic rings. The normalized spacial score (nSPS) is 23.9. The summed E-state index contributed by atoms with van der Waals surface area (Å²) >= 11 is 0. The molecule has 0 radical (unpaired) electrons. The molecule has 1 fully saturated rings. The van der Waals surface area contributed by atoms with E-state index in [-0.39, 0.29) is 0 Å². The first-order valence-corrected chi connectivity index (χ1v) is 9.50. The van der Waals surface area contributed by atoms with Crippen molar-refractivity contribution in [1.29, 1.82) is 0 Å². The molecule has 3 unspecified atom stereocenters. The highest BCUT2D eigenvalue weighted by Crippen LogP contribution is 2.55. The molecule has 4 aromatic rings. The Morgan fingerprint density at radius 3 is 2.65 bits per heavy atom. The Kier molecular flexibility index (Phi) is 2.73. The molecule has 26 heavy (non-hydrogen) atoms. The van der Waals surface area contributed by atoms with Gasteiger partial charge in [-0.1, -0.05) is 48.5 Å². The van der Waals surface area contributed by atoms with Gasteiger partial charge in [0, 0.05) is 46.4 Å². The van der Waals surface area contributed by atoms with Crippen molar-refractivity contribution in [1.82, 2.24) is 0 Å². The highest BCUT2D eigenvalue weighted by Gasteiger charge is 2.48. The van der Waals surface area contributed by atoms with E-state index in [1.54, 1.807) is 0 Å². The van der Waals surface area contributed by atoms with Gasteiger partial charge < -0.3 is 9.32 Å². The first-order valence-electron chi connectivity index (χ1n) is 9.50. The molecular formula is C24H21NO. The number of rotatable bonds is 1. The summed E-state index contributed by atoms with van der Waals surface area (Å²) < 4.78 is 6.40. The van der Waals surface area contributed by atoms with Crippen LogP contribution in [0.1, 0.15) is 35.4 Å². The van der Waals surface area contributed by atoms with Gasteiger partial charge in [0.1, 0.15) is 11.2 Å². The third kappa shape index (κ3) is 1.67. The summed E-state index contributed by atoms with van der Waals surface area (Å²) in [5.74, 6) is 1.04. The van der Waals surface area contributed by atoms with Crippen LogP contribution in [0.4, 0.5) is 5.69 Å². The lowest BCUT2D eigenvalue weighted by molar-refractivity contribution is 0.557. The molecule has 1 aromatic heterocycles. The average molecular weight is 339 g/mol. The second-order valence-electron chi connectivity index (χ2n) is 7.86. The predicted molar refractivity (Wildman–Crippen MR) is 107 cm³/mol. The quantitative estimate of drug-likeness (QED) is 0.424. The predicted octanol–water partition coefficient (Wildman–Crippen LogP) is 5.98. The average Bonchev–Trinajstić information content (AvgIpc) is 3.32. The molecule has 0 aliphatic carbocycles. The maximum absolute atomic E-state index is 6.40. The molecule has 3 atom stereocenters. The highest BCUT2D eigenvalue weighted by molar-refractivity contribution is 6.06. The van der Waals surface area contributed by atoms with Gasteiger partial charge >= 0.3 is 0 Å². The summed E-state index contributed by atoms with van der Waals surface area (Å²) in [6, 6.07) is 22.3. The van der Waals surface area contributed by atoms with Gasteiger partial charge in [-0.25, -0.2) is 0 Å². The van der Waals surface area contributed by atoms with Crippen LogP contribution in [0.2, 0.25) is 0 Å². The largest absolute Gasteiger partial charge is 0.456 e. The molecule has 3 aromatic carbocycles. The number of anilines is 1. The molecule has 2 heteroatoms. The van der Waals surface area contributed by atoms with Gasteiger partial charge in [-0.05, 0) is 37.1 Å². The molecule has 2 nitrogen and oxygen atoms in total. The number of nitrogens with zero attached hydrogens (tertiary/aromatic N) is 1. The zero-order chi connectivity index (χ0) is 17.4. The van der Waals surface area contributed by atoms with Crippen LogP contribution in [0.25, 0.3) is 21.9 Å². The molecule has 6 rings (SSSR count). The fourth-order valence-corrected chi connectivity index (χ4v) is 5.46. The zero-order valence-electron chi connectivity index (χ0n) is 15.1. The highest BCUT2D eigenvalue weighted by atomic mass is 16.3. The minimum atomic E-state index is 0.481. The van der Waals surface area contributed by atoms with Crippen molar-refractivity contribution in [2.75, 3.05) is 11.4 Å². The van der Waals surface area contributed by atoms with E-state index in [0.717, 1.165) is 17.7 Å². The Labute approximate surface area is 153 Å². The van der Waals surface area contributed by atoms with Crippen molar-refractivity contribution in [2.45, 2.75) is 31.7 Å². The second kappa shape index (κ2) is 4.91. The minimum absolute atomic E-state index is 0.481. The lowest BCUT2D eigenvalue weighted by Crippen LogP contribution is -2.31. The van der Waals surface area contributed by atoms with Crippen molar-refractivity contribution in [3.05, 3.63) is 77.4 Å². The van der Waals surface area contributed by atoms with Crippen molar-refractivity contribution in [3.63, 3.8) is 0 Å². The molecule has 1 saturated heterocycles. The van der Waals surface area contributed by atoms with E-state index in [2.05, 4.69) is 79.4 Å². The Hall–Kier alpha value is -2.74. The van der Waals surface area contributed by atoms with E-state index < -0.39 is 0 Å². The van der Waals surface area contributed by atoms with Gasteiger partial charge in [-0.15, -0.1) is 0 Å². The van der Waals surface area contributed by atoms with E-state index in [1.807, 2.05) is 0 Å². The number of hydrogen-bond acceptors (Lipinski definition) is 2. The van der Waals surface area contributed by atoms with Gasteiger partial charge in [0.2, 0.25) is 0 Å². The van der Waals surface area contributed by atoms with Gasteiger partial charge in [0.05, 0.1) is 0 Å². The van der Waals surface area contributed by atoms with Crippen molar-refractivity contribution in [2.24, 2.45) is 0 Å². The lowest BCUT2D eigenvalue weighted by atomic mass is 9.77. The summed E-state index contributed by atoms with van der Waals surface area (Å²) in [6.07, 6.45) is 0. The maximum Gasteiger partial charge on any atom is 0.139 e. The summed E-state index contributed by atoms with van der Waals surface area (Å²) in [6.45, 7) is 5.74. The fourth-order valence-electron chi connectivity index (χ4n) is 5.46. The van der Waals surface area contributed by atoms with Gasteiger partial charge in [0.25, 0.3) is 0 Å². The van der Waals surface area contributed by atoms with Crippen molar-refractivity contribution < 1.29 is 4.42 Å². The van der Waals surface area contributed by atoms with E-state index in [9.17, 15) is 0 Å². The van der Waals surface area contributed by atoms with E-state index >= 15 is 0 Å². The standard InChI is InChI=1S/C24H21NO/c1-14-11-12-18-17-8-4-6-10-21(17)26-24(18)22(14)23-15(2)25-13-19(23)16-7-3-5-9-20(16)25/h3-12,15,19,23H,13H2,1-2H3. The van der Waals surface area contributed by atoms with E-state index in [1.165, 1.54) is 33.2 Å². The van der Waals surface area contributed by atoms with Crippen LogP contribution < -0.4 is 4.90 Å². The summed E-state index contributed by atoms with van der Waals surface area (Å²) in [5, 5.41) is 2.47. The number of aryl methyl sites for hydroxylation is 1. The molecular weight excluding hydrogens is 318 g/mol. The third-order valence-electron chi connectivity index (χ3n) is 6.62. The van der Waals surface area contributed by atoms with Crippen LogP contribution >= 0.6 is 0 Å². The second-order valence-corrected chi connectivity index (χ2v) is 7.86. The van der Waals surface area contributed by atoms with E-state index in [4.69, 9.17) is 4.42 Å². The third-order valence-corrected chi connectivity index (χ3v) is 6.62. The zero-order valence-corrected chi connectivity index (χ0v) is 15.1. The van der Waals surface area contributed by atoms with Crippen LogP contribution in [-0.2, 0) is 0 Å². The van der Waals surface area contributed by atoms with Crippen LogP contribution in [0, 0.1) is 6.92 Å². The van der Waals surface area contributed by atoms with Crippen LogP contribution in [0.5, 0.6) is 0 Å². The number of benzene rings is 3. The molecule has 0 N–H and O–H groups in total. The Bertz CT molecular complexity index is 1170. The number of para-hydroxylation sites is 2. The molecule has 0 spiro atoms. The minimum Gasteiger partial charge on any atom is -0.456 e. The lowest BCUT2D eigenvalue weighted by Gasteiger charge is -2.33. The molecule has 3 heterocycles. The topological polar surface area (TPSA) is 16.4 Å². The first kappa shape index (κ1) is 14.4. The van der Waals surface area contributed by atoms with Crippen LogP contribution in [0.3, 0.4) is 0 Å². The SMILES string of the molecule is Cc1ccc2c(oc3ccccc32)c1C1C2CN(c3ccccc32)C1C. The summed E-state index contributed by atoms with van der Waals surface area (Å²) in [7, 11) is 0. The van der Waals surface area contributed by atoms with Crippen molar-refractivity contribution in [3.8, 4) is 0 Å². The van der Waals surface area contributed by atoms with Crippen molar-refractivity contribution >= 4 is 27.6 Å². The number of furan rings is 1. The first-order chi connectivity index (χ1) is 12.7. The summed E-state index contributed by atoms with van der Waals surface area (Å²) in [4.78, 5) is 2.59. The smallest absolute Gasteiger partial charge is 0.139 e. The molecule has 0 amide bonds. The number of hydrogen-bond donors (Lipinski definition) is 0. The van der Waals surface area contributed by atoms with E-state index in [0.29, 0.717) is 17.9 Å². The molecule has 128 valence electrons. The van der Waals surface area contributed by atoms with Crippen LogP contribution in [-0.4, -0.2) is 12.6 Å². The Balaban J connectivity index is 1.63. The van der Waals surface area contributed by atoms with Gasteiger partial charge in [-0.2, -0.15) is 0 Å². The van der Waals surface area contributed by atoms with Gasteiger partial charge in [-0.3, -0.25) is 0 Å². The monoisotopic (exact) mass is 339 g/mol. The Morgan fingerprint density at radius 1 is 0.923 bits per heavy atom. The van der Waals surface area contributed by atoms with Crippen LogP contribution in [0.15, 0.2) is 65.1 Å².